The number of furan rings is 1. The van der Waals surface area contributed by atoms with Crippen LogP contribution in [-0.2, 0) is 6.42 Å². The van der Waals surface area contributed by atoms with Crippen molar-refractivity contribution in [3.63, 3.8) is 0 Å². The molecule has 0 N–H and O–H groups in total. The molecule has 54 heavy (non-hydrogen) atoms. The zero-order valence-electron chi connectivity index (χ0n) is 29.7. The summed E-state index contributed by atoms with van der Waals surface area (Å²) < 4.78 is 8.60. The Morgan fingerprint density at radius 3 is 2.19 bits per heavy atom. The van der Waals surface area contributed by atoms with E-state index in [1.807, 2.05) is 12.1 Å². The summed E-state index contributed by atoms with van der Waals surface area (Å²) >= 11 is 0. The molecule has 0 amide bonds. The summed E-state index contributed by atoms with van der Waals surface area (Å²) in [7, 11) is 0. The zero-order valence-corrected chi connectivity index (χ0v) is 29.7. The van der Waals surface area contributed by atoms with Crippen LogP contribution in [0, 0.1) is 0 Å². The van der Waals surface area contributed by atoms with Gasteiger partial charge >= 0.3 is 0 Å². The summed E-state index contributed by atoms with van der Waals surface area (Å²) in [6, 6.07) is 39.3. The molecule has 5 heteroatoms. The van der Waals surface area contributed by atoms with Crippen molar-refractivity contribution >= 4 is 60.8 Å². The Kier molecular flexibility index (Phi) is 7.19. The van der Waals surface area contributed by atoms with Crippen LogP contribution in [0.15, 0.2) is 156 Å². The molecule has 0 radical (unpaired) electrons. The lowest BCUT2D eigenvalue weighted by Gasteiger charge is -2.20. The van der Waals surface area contributed by atoms with E-state index in [0.717, 1.165) is 76.7 Å². The van der Waals surface area contributed by atoms with Gasteiger partial charge in [0, 0.05) is 45.7 Å². The molecule has 3 aliphatic carbocycles. The molecule has 8 aromatic rings. The number of fused-ring (bicyclic) bond motifs is 7. The maximum atomic E-state index is 6.20. The Hall–Kier alpha value is -6.59. The number of rotatable bonds is 5. The van der Waals surface area contributed by atoms with Crippen molar-refractivity contribution in [2.75, 3.05) is 0 Å². The lowest BCUT2D eigenvalue weighted by molar-refractivity contribution is 0.547. The molecule has 11 rings (SSSR count). The minimum absolute atomic E-state index is 0.0681. The van der Waals surface area contributed by atoms with Gasteiger partial charge in [-0.3, -0.25) is 0 Å². The van der Waals surface area contributed by atoms with Gasteiger partial charge in [0.15, 0.2) is 5.82 Å². The van der Waals surface area contributed by atoms with Crippen LogP contribution in [0.1, 0.15) is 65.5 Å². The van der Waals surface area contributed by atoms with Gasteiger partial charge in [0.2, 0.25) is 0 Å². The van der Waals surface area contributed by atoms with E-state index in [-0.39, 0.29) is 11.8 Å². The fraction of sp³-hybridized carbons (Fsp3) is 0.122. The van der Waals surface area contributed by atoms with Crippen LogP contribution in [0.2, 0.25) is 0 Å². The maximum absolute atomic E-state index is 6.20. The third kappa shape index (κ3) is 5.19. The molecule has 0 spiro atoms. The van der Waals surface area contributed by atoms with Gasteiger partial charge < -0.3 is 8.98 Å². The highest BCUT2D eigenvalue weighted by Gasteiger charge is 2.25. The van der Waals surface area contributed by atoms with E-state index in [9.17, 15) is 0 Å². The highest BCUT2D eigenvalue weighted by molar-refractivity contribution is 6.13. The minimum Gasteiger partial charge on any atom is -0.460 e. The Morgan fingerprint density at radius 2 is 1.39 bits per heavy atom. The van der Waals surface area contributed by atoms with E-state index in [2.05, 4.69) is 150 Å². The molecule has 0 fully saturated rings. The molecule has 2 unspecified atom stereocenters. The van der Waals surface area contributed by atoms with Crippen LogP contribution in [0.3, 0.4) is 0 Å². The topological polar surface area (TPSA) is 56.7 Å². The number of benzene rings is 5. The van der Waals surface area contributed by atoms with Gasteiger partial charge in [-0.05, 0) is 89.2 Å². The van der Waals surface area contributed by atoms with E-state index in [0.29, 0.717) is 0 Å². The first-order valence-electron chi connectivity index (χ1n) is 19.0. The third-order valence-electron chi connectivity index (χ3n) is 11.4. The first-order valence-corrected chi connectivity index (χ1v) is 19.0. The summed E-state index contributed by atoms with van der Waals surface area (Å²) in [5.41, 5.74) is 9.24. The monoisotopic (exact) mass is 696 g/mol. The van der Waals surface area contributed by atoms with Crippen molar-refractivity contribution in [2.24, 2.45) is 0 Å². The quantitative estimate of drug-likeness (QED) is 0.180. The molecule has 3 aromatic heterocycles. The van der Waals surface area contributed by atoms with Gasteiger partial charge in [0.05, 0.1) is 11.0 Å². The molecule has 3 aliphatic rings. The largest absolute Gasteiger partial charge is 0.460 e. The predicted octanol–water partition coefficient (Wildman–Crippen LogP) is 12.1. The van der Waals surface area contributed by atoms with Crippen molar-refractivity contribution < 1.29 is 4.42 Å². The van der Waals surface area contributed by atoms with Gasteiger partial charge in [0.25, 0.3) is 0 Å². The summed E-state index contributed by atoms with van der Waals surface area (Å²) in [4.78, 5) is 15.4. The van der Waals surface area contributed by atoms with Gasteiger partial charge in [0.1, 0.15) is 23.0 Å². The summed E-state index contributed by atoms with van der Waals surface area (Å²) in [5.74, 6) is 3.71. The Balaban J connectivity index is 0.911. The molecule has 258 valence electrons. The first-order chi connectivity index (χ1) is 26.7. The van der Waals surface area contributed by atoms with Crippen LogP contribution < -0.4 is 0 Å². The minimum atomic E-state index is 0.0681. The molecule has 5 nitrogen and oxygen atoms in total. The van der Waals surface area contributed by atoms with Crippen molar-refractivity contribution in [1.82, 2.24) is 19.5 Å². The zero-order chi connectivity index (χ0) is 35.6. The number of hydrogen-bond donors (Lipinski definition) is 0. The van der Waals surface area contributed by atoms with Crippen LogP contribution in [0.5, 0.6) is 0 Å². The average Bonchev–Trinajstić information content (AvgIpc) is 3.78. The second kappa shape index (κ2) is 12.5. The number of aryl methyl sites for hydroxylation is 1. The molecule has 0 saturated carbocycles. The second-order valence-corrected chi connectivity index (χ2v) is 14.6. The lowest BCUT2D eigenvalue weighted by Crippen LogP contribution is -2.14. The molecular formula is C49H36N4O. The molecule has 0 saturated heterocycles. The number of aromatic nitrogens is 4. The fourth-order valence-corrected chi connectivity index (χ4v) is 8.55. The normalized spacial score (nSPS) is 18.1. The molecule has 3 heterocycles. The van der Waals surface area contributed by atoms with E-state index in [1.165, 1.54) is 43.7 Å². The van der Waals surface area contributed by atoms with E-state index < -0.39 is 0 Å². The standard InChI is InChI=1S/C49H36N4O/c1-2-10-33(11-3-1)47-50-48(52-49(51-47)37-24-27-46-42(29-37)40-15-7-9-17-45(40)54-46)34-20-18-31(19-21-34)32-22-25-38(26-23-32)53-43-16-8-6-14-39(43)41-28-35-12-4-5-13-36(35)30-44(41)53/h1-10,12-20,22-23,25-26,28-30,33-34H,11,21,24,27H2. The molecule has 5 aromatic carbocycles. The summed E-state index contributed by atoms with van der Waals surface area (Å²) in [5, 5.41) is 6.20. The average molecular weight is 697 g/mol. The summed E-state index contributed by atoms with van der Waals surface area (Å²) in [6.07, 6.45) is 21.1. The maximum Gasteiger partial charge on any atom is 0.159 e. The Bertz CT molecular complexity index is 2950. The molecule has 2 atom stereocenters. The van der Waals surface area contributed by atoms with E-state index in [1.54, 1.807) is 0 Å². The molecule has 0 bridgehead atoms. The highest BCUT2D eigenvalue weighted by Crippen LogP contribution is 2.39. The summed E-state index contributed by atoms with van der Waals surface area (Å²) in [6.45, 7) is 0. The predicted molar refractivity (Wildman–Crippen MR) is 221 cm³/mol. The van der Waals surface area contributed by atoms with Gasteiger partial charge in [-0.1, -0.05) is 115 Å². The number of para-hydroxylation sites is 2. The second-order valence-electron chi connectivity index (χ2n) is 14.6. The fourth-order valence-electron chi connectivity index (χ4n) is 8.55. The van der Waals surface area contributed by atoms with Crippen molar-refractivity contribution in [3.8, 4) is 5.69 Å². The van der Waals surface area contributed by atoms with Crippen molar-refractivity contribution in [3.05, 3.63) is 186 Å². The smallest absolute Gasteiger partial charge is 0.159 e. The van der Waals surface area contributed by atoms with E-state index in [4.69, 9.17) is 19.4 Å². The Labute approximate surface area is 313 Å². The van der Waals surface area contributed by atoms with Crippen LogP contribution in [-0.4, -0.2) is 19.5 Å². The van der Waals surface area contributed by atoms with Crippen LogP contribution in [0.4, 0.5) is 0 Å². The van der Waals surface area contributed by atoms with E-state index >= 15 is 0 Å². The lowest BCUT2D eigenvalue weighted by atomic mass is 9.91. The molecular weight excluding hydrogens is 661 g/mol. The van der Waals surface area contributed by atoms with Crippen molar-refractivity contribution in [1.29, 1.82) is 0 Å². The van der Waals surface area contributed by atoms with Gasteiger partial charge in [-0.25, -0.2) is 15.0 Å². The van der Waals surface area contributed by atoms with Crippen LogP contribution in [0.25, 0.3) is 66.5 Å². The first kappa shape index (κ1) is 31.0. The SMILES string of the molecule is C1=CCC(c2nc(C3=Cc4c(oc5ccccc45)CC3)nc(C3C=CC(c4ccc(-n5c6ccccc6c6cc7ccccc7cc65)cc4)=CC3)n2)C=C1. The highest BCUT2D eigenvalue weighted by atomic mass is 16.3. The Morgan fingerprint density at radius 1 is 0.630 bits per heavy atom. The van der Waals surface area contributed by atoms with Gasteiger partial charge in [-0.15, -0.1) is 0 Å². The van der Waals surface area contributed by atoms with Gasteiger partial charge in [-0.2, -0.15) is 0 Å². The number of nitrogens with zero attached hydrogens (tertiary/aromatic N) is 4. The van der Waals surface area contributed by atoms with Crippen LogP contribution >= 0.6 is 0 Å². The number of hydrogen-bond acceptors (Lipinski definition) is 4. The van der Waals surface area contributed by atoms with Crippen molar-refractivity contribution in [2.45, 2.75) is 37.5 Å². The third-order valence-corrected chi connectivity index (χ3v) is 11.4. The molecule has 0 aliphatic heterocycles. The number of allylic oxidation sites excluding steroid dienone is 9.